The fourth-order valence-corrected chi connectivity index (χ4v) is 3.06. The predicted octanol–water partition coefficient (Wildman–Crippen LogP) is 4.54. The van der Waals surface area contributed by atoms with Crippen molar-refractivity contribution < 1.29 is 4.52 Å². The Morgan fingerprint density at radius 2 is 2.17 bits per heavy atom. The maximum absolute atomic E-state index is 5.07. The summed E-state index contributed by atoms with van der Waals surface area (Å²) in [5.41, 5.74) is 2.11. The van der Waals surface area contributed by atoms with E-state index < -0.39 is 0 Å². The van der Waals surface area contributed by atoms with E-state index in [4.69, 9.17) is 4.52 Å². The van der Waals surface area contributed by atoms with E-state index >= 15 is 0 Å². The summed E-state index contributed by atoms with van der Waals surface area (Å²) in [5.74, 6) is 0.819. The number of nitrogens with zero attached hydrogens (tertiary/aromatic N) is 2. The van der Waals surface area contributed by atoms with Gasteiger partial charge in [-0.1, -0.05) is 33.2 Å². The summed E-state index contributed by atoms with van der Waals surface area (Å²) in [7, 11) is 0. The number of halogens is 1. The van der Waals surface area contributed by atoms with E-state index in [1.165, 1.54) is 0 Å². The van der Waals surface area contributed by atoms with E-state index in [1.54, 1.807) is 17.5 Å². The van der Waals surface area contributed by atoms with Gasteiger partial charge in [-0.05, 0) is 19.1 Å². The number of hydrogen-bond donors (Lipinski definition) is 0. The van der Waals surface area contributed by atoms with Crippen LogP contribution in [0.5, 0.6) is 0 Å². The number of aryl methyl sites for hydroxylation is 1. The topological polar surface area (TPSA) is 38.9 Å². The van der Waals surface area contributed by atoms with Gasteiger partial charge in [-0.25, -0.2) is 4.98 Å². The van der Waals surface area contributed by atoms with Crippen molar-refractivity contribution in [2.75, 3.05) is 0 Å². The van der Waals surface area contributed by atoms with Crippen LogP contribution in [0.2, 0.25) is 0 Å². The van der Waals surface area contributed by atoms with Crippen molar-refractivity contribution in [3.63, 3.8) is 0 Å². The van der Waals surface area contributed by atoms with Crippen LogP contribution in [-0.4, -0.2) is 10.1 Å². The van der Waals surface area contributed by atoms with Crippen LogP contribution in [0.4, 0.5) is 0 Å². The quantitative estimate of drug-likeness (QED) is 0.696. The summed E-state index contributed by atoms with van der Waals surface area (Å²) in [5, 5.41) is 4.78. The van der Waals surface area contributed by atoms with Crippen LogP contribution in [0.3, 0.4) is 0 Å². The Morgan fingerprint density at radius 3 is 2.89 bits per heavy atom. The molecule has 18 heavy (non-hydrogen) atoms. The molecule has 0 saturated carbocycles. The highest BCUT2D eigenvalue weighted by Crippen LogP contribution is 2.34. The van der Waals surface area contributed by atoms with Gasteiger partial charge in [0.05, 0.1) is 16.6 Å². The summed E-state index contributed by atoms with van der Waals surface area (Å²) in [6, 6.07) is 8.12. The minimum Gasteiger partial charge on any atom is -0.361 e. The van der Waals surface area contributed by atoms with E-state index in [0.717, 1.165) is 31.2 Å². The predicted molar refractivity (Wildman–Crippen MR) is 75.5 cm³/mol. The van der Waals surface area contributed by atoms with Crippen LogP contribution in [0.1, 0.15) is 5.76 Å². The summed E-state index contributed by atoms with van der Waals surface area (Å²) in [6.07, 6.45) is 3.59. The second-order valence-corrected chi connectivity index (χ2v) is 5.78. The minimum atomic E-state index is 0.819. The van der Waals surface area contributed by atoms with Crippen molar-refractivity contribution in [3.05, 3.63) is 46.9 Å². The maximum atomic E-state index is 5.07. The van der Waals surface area contributed by atoms with Gasteiger partial charge < -0.3 is 4.52 Å². The molecule has 2 aromatic heterocycles. The van der Waals surface area contributed by atoms with Gasteiger partial charge in [0.15, 0.2) is 0 Å². The van der Waals surface area contributed by atoms with Gasteiger partial charge in [0, 0.05) is 16.2 Å². The Balaban J connectivity index is 2.02. The van der Waals surface area contributed by atoms with Gasteiger partial charge in [0.25, 0.3) is 0 Å². The number of aromatic nitrogens is 2. The Bertz CT molecular complexity index is 690. The highest BCUT2D eigenvalue weighted by atomic mass is 79.9. The van der Waals surface area contributed by atoms with Crippen molar-refractivity contribution in [1.82, 2.24) is 10.1 Å². The molecule has 0 spiro atoms. The Kier molecular flexibility index (Phi) is 3.01. The molecule has 0 atom stereocenters. The lowest BCUT2D eigenvalue weighted by atomic mass is 10.2. The van der Waals surface area contributed by atoms with Crippen LogP contribution in [0.15, 0.2) is 45.7 Å². The first-order valence-electron chi connectivity index (χ1n) is 5.37. The molecule has 3 rings (SSSR count). The molecule has 0 saturated heterocycles. The molecule has 0 aliphatic carbocycles. The second-order valence-electron chi connectivity index (χ2n) is 3.84. The Hall–Kier alpha value is -1.46. The van der Waals surface area contributed by atoms with Gasteiger partial charge in [-0.15, -0.1) is 11.3 Å². The van der Waals surface area contributed by atoms with E-state index in [2.05, 4.69) is 32.1 Å². The Morgan fingerprint density at radius 1 is 1.28 bits per heavy atom. The van der Waals surface area contributed by atoms with Crippen molar-refractivity contribution >= 4 is 27.3 Å². The van der Waals surface area contributed by atoms with Crippen molar-refractivity contribution in [2.45, 2.75) is 6.92 Å². The highest BCUT2D eigenvalue weighted by Gasteiger charge is 2.11. The highest BCUT2D eigenvalue weighted by molar-refractivity contribution is 9.10. The molecule has 0 unspecified atom stereocenters. The fraction of sp³-hybridized carbons (Fsp3) is 0.0769. The molecule has 0 radical (unpaired) electrons. The van der Waals surface area contributed by atoms with E-state index in [0.29, 0.717) is 0 Å². The zero-order valence-corrected chi connectivity index (χ0v) is 12.0. The normalized spacial score (nSPS) is 10.8. The van der Waals surface area contributed by atoms with Gasteiger partial charge in [-0.3, -0.25) is 0 Å². The standard InChI is InChI=1S/C13H9BrN2OS/c1-8-11(6-16-17-8)12-7-15-13(18-12)9-3-2-4-10(14)5-9/h2-7H,1H3. The zero-order chi connectivity index (χ0) is 12.5. The summed E-state index contributed by atoms with van der Waals surface area (Å²) in [6.45, 7) is 1.90. The van der Waals surface area contributed by atoms with Crippen LogP contribution in [-0.2, 0) is 0 Å². The smallest absolute Gasteiger partial charge is 0.142 e. The molecule has 2 heterocycles. The van der Waals surface area contributed by atoms with Crippen LogP contribution in [0, 0.1) is 6.92 Å². The molecule has 0 amide bonds. The molecule has 1 aromatic carbocycles. The lowest BCUT2D eigenvalue weighted by Gasteiger charge is -1.96. The molecule has 3 nitrogen and oxygen atoms in total. The third-order valence-corrected chi connectivity index (χ3v) is 4.17. The maximum Gasteiger partial charge on any atom is 0.142 e. The van der Waals surface area contributed by atoms with E-state index in [9.17, 15) is 0 Å². The van der Waals surface area contributed by atoms with Crippen LogP contribution in [0.25, 0.3) is 21.0 Å². The summed E-state index contributed by atoms with van der Waals surface area (Å²) < 4.78 is 6.13. The number of benzene rings is 1. The molecule has 0 fully saturated rings. The van der Waals surface area contributed by atoms with E-state index in [1.807, 2.05) is 31.3 Å². The number of thiazole rings is 1. The minimum absolute atomic E-state index is 0.819. The van der Waals surface area contributed by atoms with Crippen molar-refractivity contribution in [2.24, 2.45) is 0 Å². The van der Waals surface area contributed by atoms with Crippen LogP contribution < -0.4 is 0 Å². The largest absolute Gasteiger partial charge is 0.361 e. The lowest BCUT2D eigenvalue weighted by molar-refractivity contribution is 0.398. The molecule has 0 aliphatic rings. The third kappa shape index (κ3) is 2.11. The zero-order valence-electron chi connectivity index (χ0n) is 9.55. The van der Waals surface area contributed by atoms with Crippen molar-refractivity contribution in [1.29, 1.82) is 0 Å². The van der Waals surface area contributed by atoms with Gasteiger partial charge in [-0.2, -0.15) is 0 Å². The first kappa shape index (κ1) is 11.6. The molecular weight excluding hydrogens is 312 g/mol. The molecule has 90 valence electrons. The molecule has 0 bridgehead atoms. The van der Waals surface area contributed by atoms with Gasteiger partial charge in [0.2, 0.25) is 0 Å². The number of hydrogen-bond acceptors (Lipinski definition) is 4. The van der Waals surface area contributed by atoms with Crippen molar-refractivity contribution in [3.8, 4) is 21.0 Å². The third-order valence-electron chi connectivity index (χ3n) is 2.59. The molecule has 5 heteroatoms. The average molecular weight is 321 g/mol. The Labute approximate surface area is 117 Å². The monoisotopic (exact) mass is 320 g/mol. The lowest BCUT2D eigenvalue weighted by Crippen LogP contribution is -1.73. The van der Waals surface area contributed by atoms with Crippen LogP contribution >= 0.6 is 27.3 Å². The SMILES string of the molecule is Cc1oncc1-c1cnc(-c2cccc(Br)c2)s1. The first-order chi connectivity index (χ1) is 8.74. The average Bonchev–Trinajstić information content (AvgIpc) is 2.97. The summed E-state index contributed by atoms with van der Waals surface area (Å²) >= 11 is 5.10. The molecular formula is C13H9BrN2OS. The first-order valence-corrected chi connectivity index (χ1v) is 6.98. The van der Waals surface area contributed by atoms with Gasteiger partial charge in [0.1, 0.15) is 10.8 Å². The molecule has 3 aromatic rings. The van der Waals surface area contributed by atoms with E-state index in [-0.39, 0.29) is 0 Å². The molecule has 0 N–H and O–H groups in total. The second kappa shape index (κ2) is 4.66. The summed E-state index contributed by atoms with van der Waals surface area (Å²) in [4.78, 5) is 5.53. The fourth-order valence-electron chi connectivity index (χ4n) is 1.69. The van der Waals surface area contributed by atoms with Gasteiger partial charge >= 0.3 is 0 Å². The number of rotatable bonds is 2. The molecule has 0 aliphatic heterocycles.